The van der Waals surface area contributed by atoms with Crippen molar-refractivity contribution in [2.75, 3.05) is 6.61 Å². The van der Waals surface area contributed by atoms with Gasteiger partial charge in [0.05, 0.1) is 12.7 Å². The summed E-state index contributed by atoms with van der Waals surface area (Å²) in [5.41, 5.74) is 1.92. The zero-order valence-corrected chi connectivity index (χ0v) is 19.9. The van der Waals surface area contributed by atoms with Crippen molar-refractivity contribution in [3.05, 3.63) is 82.7 Å². The van der Waals surface area contributed by atoms with E-state index in [4.69, 9.17) is 9.47 Å². The molecular formula is C29H31F3O3. The molecule has 35 heavy (non-hydrogen) atoms. The minimum absolute atomic E-state index is 0.00874. The fraction of sp³-hybridized carbons (Fsp3) is 0.448. The number of aliphatic hydroxyl groups is 1. The first-order valence-electron chi connectivity index (χ1n) is 12.6. The van der Waals surface area contributed by atoms with E-state index < -0.39 is 17.9 Å². The topological polar surface area (TPSA) is 42.0 Å². The second-order valence-electron chi connectivity index (χ2n) is 9.90. The first-order valence-corrected chi connectivity index (χ1v) is 12.6. The lowest BCUT2D eigenvalue weighted by Crippen LogP contribution is -2.15. The average molecular weight is 485 g/mol. The molecule has 1 N–H and O–H groups in total. The van der Waals surface area contributed by atoms with Crippen molar-refractivity contribution in [2.45, 2.75) is 63.8 Å². The Labute approximate surface area is 204 Å². The number of allylic oxidation sites excluding steroid dienone is 3. The van der Waals surface area contributed by atoms with E-state index >= 15 is 0 Å². The molecule has 2 aromatic carbocycles. The Hall–Kier alpha value is -2.57. The number of aliphatic hydroxyl groups excluding tert-OH is 1. The van der Waals surface area contributed by atoms with Crippen LogP contribution in [0.1, 0.15) is 74.3 Å². The quantitative estimate of drug-likeness (QED) is 0.329. The van der Waals surface area contributed by atoms with Gasteiger partial charge in [0.15, 0.2) is 11.6 Å². The normalized spacial score (nSPS) is 27.1. The predicted molar refractivity (Wildman–Crippen MR) is 128 cm³/mol. The van der Waals surface area contributed by atoms with Gasteiger partial charge in [0.1, 0.15) is 5.83 Å². The Morgan fingerprint density at radius 2 is 1.71 bits per heavy atom. The van der Waals surface area contributed by atoms with Crippen LogP contribution in [0.4, 0.5) is 13.2 Å². The first-order chi connectivity index (χ1) is 16.9. The van der Waals surface area contributed by atoms with Crippen LogP contribution in [0.15, 0.2) is 54.4 Å². The molecule has 6 heteroatoms. The lowest BCUT2D eigenvalue weighted by atomic mass is 9.77. The molecule has 2 aromatic rings. The molecule has 0 radical (unpaired) electrons. The SMILES string of the molecule is CCC1CCC(c2ccc(OC(O)c3ccc(C4=CCC(C5CO5)C=C4F)cc3)c(F)c2F)CC1. The van der Waals surface area contributed by atoms with Gasteiger partial charge < -0.3 is 14.6 Å². The highest BCUT2D eigenvalue weighted by Crippen LogP contribution is 2.40. The fourth-order valence-electron chi connectivity index (χ4n) is 5.37. The molecule has 2 aliphatic carbocycles. The summed E-state index contributed by atoms with van der Waals surface area (Å²) < 4.78 is 54.9. The first kappa shape index (κ1) is 24.1. The summed E-state index contributed by atoms with van der Waals surface area (Å²) in [5.74, 6) is -1.85. The Balaban J connectivity index is 1.24. The molecule has 0 bridgehead atoms. The number of hydrogen-bond acceptors (Lipinski definition) is 3. The van der Waals surface area contributed by atoms with Gasteiger partial charge in [-0.25, -0.2) is 8.78 Å². The number of benzene rings is 2. The summed E-state index contributed by atoms with van der Waals surface area (Å²) in [4.78, 5) is 0. The van der Waals surface area contributed by atoms with Gasteiger partial charge in [0, 0.05) is 17.1 Å². The van der Waals surface area contributed by atoms with Gasteiger partial charge in [-0.1, -0.05) is 49.8 Å². The van der Waals surface area contributed by atoms with Gasteiger partial charge in [-0.3, -0.25) is 0 Å². The molecule has 0 spiro atoms. The third kappa shape index (κ3) is 5.19. The number of ether oxygens (including phenoxy) is 2. The molecule has 2 fully saturated rings. The largest absolute Gasteiger partial charge is 0.458 e. The summed E-state index contributed by atoms with van der Waals surface area (Å²) in [5, 5.41) is 10.5. The van der Waals surface area contributed by atoms with Crippen LogP contribution in [0.25, 0.3) is 5.57 Å². The van der Waals surface area contributed by atoms with Gasteiger partial charge in [-0.15, -0.1) is 0 Å². The van der Waals surface area contributed by atoms with Crippen LogP contribution in [-0.4, -0.2) is 17.8 Å². The maximum Gasteiger partial charge on any atom is 0.224 e. The fourth-order valence-corrected chi connectivity index (χ4v) is 5.37. The van der Waals surface area contributed by atoms with E-state index in [0.717, 1.165) is 32.1 Å². The van der Waals surface area contributed by atoms with E-state index in [1.165, 1.54) is 6.07 Å². The molecule has 186 valence electrons. The Bertz CT molecular complexity index is 1110. The summed E-state index contributed by atoms with van der Waals surface area (Å²) in [6.45, 7) is 2.84. The summed E-state index contributed by atoms with van der Waals surface area (Å²) in [6, 6.07) is 9.52. The number of epoxide rings is 1. The van der Waals surface area contributed by atoms with Gasteiger partial charge in [-0.2, -0.15) is 4.39 Å². The minimum atomic E-state index is -1.49. The zero-order valence-electron chi connectivity index (χ0n) is 19.9. The van der Waals surface area contributed by atoms with Crippen molar-refractivity contribution in [3.8, 4) is 5.75 Å². The van der Waals surface area contributed by atoms with Crippen LogP contribution in [0.3, 0.4) is 0 Å². The molecule has 3 nitrogen and oxygen atoms in total. The third-order valence-corrected chi connectivity index (χ3v) is 7.73. The molecular weight excluding hydrogens is 453 g/mol. The van der Waals surface area contributed by atoms with Crippen LogP contribution in [0.2, 0.25) is 0 Å². The Morgan fingerprint density at radius 3 is 2.34 bits per heavy atom. The number of rotatable bonds is 7. The molecule has 1 aliphatic heterocycles. The van der Waals surface area contributed by atoms with Crippen molar-refractivity contribution in [3.63, 3.8) is 0 Å². The maximum atomic E-state index is 14.9. The van der Waals surface area contributed by atoms with E-state index in [-0.39, 0.29) is 29.5 Å². The van der Waals surface area contributed by atoms with E-state index in [1.54, 1.807) is 36.4 Å². The maximum absolute atomic E-state index is 14.9. The standard InChI is InChI=1S/C29H31F3O3/c1-2-17-3-5-19(6-4-17)23-13-14-25(28(32)27(23)31)35-29(33)20-9-7-18(8-10-20)22-12-11-21(15-24(22)30)26-16-34-26/h7-10,12-15,17,19,21,26,29,33H,2-6,11,16H2,1H3. The van der Waals surface area contributed by atoms with Crippen molar-refractivity contribution >= 4 is 5.57 Å². The van der Waals surface area contributed by atoms with Crippen molar-refractivity contribution in [2.24, 2.45) is 11.8 Å². The molecule has 3 atom stereocenters. The van der Waals surface area contributed by atoms with E-state index in [1.807, 2.05) is 6.08 Å². The van der Waals surface area contributed by atoms with E-state index in [2.05, 4.69) is 6.92 Å². The van der Waals surface area contributed by atoms with Gasteiger partial charge in [-0.05, 0) is 67.2 Å². The molecule has 0 amide bonds. The molecule has 3 aliphatic rings. The molecule has 1 heterocycles. The molecule has 5 rings (SSSR count). The molecule has 1 saturated heterocycles. The lowest BCUT2D eigenvalue weighted by Gasteiger charge is -2.28. The van der Waals surface area contributed by atoms with Crippen LogP contribution < -0.4 is 4.74 Å². The van der Waals surface area contributed by atoms with Crippen LogP contribution in [0.5, 0.6) is 5.75 Å². The number of halogens is 3. The van der Waals surface area contributed by atoms with Crippen LogP contribution in [-0.2, 0) is 4.74 Å². The smallest absolute Gasteiger partial charge is 0.224 e. The minimum Gasteiger partial charge on any atom is -0.458 e. The highest BCUT2D eigenvalue weighted by molar-refractivity contribution is 5.78. The highest BCUT2D eigenvalue weighted by atomic mass is 19.2. The Kier molecular flexibility index (Phi) is 7.03. The Morgan fingerprint density at radius 1 is 1.00 bits per heavy atom. The monoisotopic (exact) mass is 484 g/mol. The van der Waals surface area contributed by atoms with Crippen LogP contribution in [0, 0.1) is 23.5 Å². The van der Waals surface area contributed by atoms with Crippen molar-refractivity contribution < 1.29 is 27.8 Å². The van der Waals surface area contributed by atoms with Crippen LogP contribution >= 0.6 is 0 Å². The average Bonchev–Trinajstić information content (AvgIpc) is 3.73. The lowest BCUT2D eigenvalue weighted by molar-refractivity contribution is -0.0225. The number of hydrogen-bond donors (Lipinski definition) is 1. The van der Waals surface area contributed by atoms with E-state index in [0.29, 0.717) is 41.2 Å². The zero-order chi connectivity index (χ0) is 24.5. The highest BCUT2D eigenvalue weighted by Gasteiger charge is 2.33. The van der Waals surface area contributed by atoms with Crippen molar-refractivity contribution in [1.82, 2.24) is 0 Å². The van der Waals surface area contributed by atoms with Gasteiger partial charge in [0.2, 0.25) is 12.1 Å². The van der Waals surface area contributed by atoms with Gasteiger partial charge >= 0.3 is 0 Å². The summed E-state index contributed by atoms with van der Waals surface area (Å²) in [7, 11) is 0. The third-order valence-electron chi connectivity index (χ3n) is 7.73. The molecule has 3 unspecified atom stereocenters. The van der Waals surface area contributed by atoms with E-state index in [9.17, 15) is 18.3 Å². The molecule has 1 saturated carbocycles. The van der Waals surface area contributed by atoms with Crippen molar-refractivity contribution in [1.29, 1.82) is 0 Å². The summed E-state index contributed by atoms with van der Waals surface area (Å²) >= 11 is 0. The predicted octanol–water partition coefficient (Wildman–Crippen LogP) is 7.37. The molecule has 0 aromatic heterocycles. The summed E-state index contributed by atoms with van der Waals surface area (Å²) in [6.07, 6.45) is 7.69. The second kappa shape index (κ2) is 10.2. The second-order valence-corrected chi connectivity index (χ2v) is 9.90. The van der Waals surface area contributed by atoms with Gasteiger partial charge in [0.25, 0.3) is 0 Å².